The first kappa shape index (κ1) is 23.3. The van der Waals surface area contributed by atoms with Crippen LogP contribution in [0.2, 0.25) is 5.02 Å². The number of anilines is 1. The summed E-state index contributed by atoms with van der Waals surface area (Å²) in [6.07, 6.45) is 2.86. The van der Waals surface area contributed by atoms with Gasteiger partial charge in [0.05, 0.1) is 21.8 Å². The van der Waals surface area contributed by atoms with Crippen LogP contribution in [0.5, 0.6) is 0 Å². The second-order valence-electron chi connectivity index (χ2n) is 7.72. The maximum absolute atomic E-state index is 13.3. The Morgan fingerprint density at radius 1 is 0.833 bits per heavy atom. The van der Waals surface area contributed by atoms with Gasteiger partial charge in [-0.1, -0.05) is 72.0 Å². The van der Waals surface area contributed by atoms with Crippen LogP contribution < -0.4 is 4.72 Å². The van der Waals surface area contributed by atoms with Gasteiger partial charge >= 0.3 is 5.97 Å². The molecule has 0 atom stereocenters. The third-order valence-electron chi connectivity index (χ3n) is 5.47. The summed E-state index contributed by atoms with van der Waals surface area (Å²) in [5.74, 6) is 4.86. The normalized spacial score (nSPS) is 11.1. The predicted molar refractivity (Wildman–Crippen MR) is 139 cm³/mol. The standard InChI is InChI=1S/C27H16ClN3O4S/c28-22-14-15-29-25-21(22)9-5-11-24(25)36(34,35)31-23-10-4-1-6-17(23)12-13-18-16-30-26(27(32)33)20-8-3-2-7-19(18)20/h1-11,14-16,31H,(H,32,33). The number of hydrogen-bond donors (Lipinski definition) is 2. The maximum atomic E-state index is 13.3. The van der Waals surface area contributed by atoms with E-state index in [2.05, 4.69) is 26.5 Å². The molecule has 9 heteroatoms. The van der Waals surface area contributed by atoms with Gasteiger partial charge in [-0.05, 0) is 24.3 Å². The Kier molecular flexibility index (Phi) is 6.02. The largest absolute Gasteiger partial charge is 0.476 e. The van der Waals surface area contributed by atoms with Crippen molar-refractivity contribution in [1.29, 1.82) is 0 Å². The summed E-state index contributed by atoms with van der Waals surface area (Å²) in [5, 5.41) is 11.5. The average molecular weight is 514 g/mol. The Balaban J connectivity index is 1.55. The summed E-state index contributed by atoms with van der Waals surface area (Å²) < 4.78 is 29.2. The zero-order valence-corrected chi connectivity index (χ0v) is 20.0. The molecule has 0 radical (unpaired) electrons. The van der Waals surface area contributed by atoms with Gasteiger partial charge in [-0.2, -0.15) is 0 Å². The number of aromatic nitrogens is 2. The molecular weight excluding hydrogens is 498 g/mol. The molecule has 0 bridgehead atoms. The smallest absolute Gasteiger partial charge is 0.355 e. The molecule has 0 aliphatic rings. The van der Waals surface area contributed by atoms with Gasteiger partial charge in [0, 0.05) is 34.1 Å². The lowest BCUT2D eigenvalue weighted by Gasteiger charge is -2.12. The van der Waals surface area contributed by atoms with E-state index in [0.717, 1.165) is 0 Å². The Morgan fingerprint density at radius 2 is 1.53 bits per heavy atom. The molecular formula is C27H16ClN3O4S. The third-order valence-corrected chi connectivity index (χ3v) is 7.20. The molecule has 0 saturated heterocycles. The van der Waals surface area contributed by atoms with E-state index >= 15 is 0 Å². The minimum atomic E-state index is -4.03. The van der Waals surface area contributed by atoms with Crippen LogP contribution in [0.15, 0.2) is 90.1 Å². The van der Waals surface area contributed by atoms with Gasteiger partial charge in [-0.3, -0.25) is 9.71 Å². The van der Waals surface area contributed by atoms with E-state index in [1.54, 1.807) is 66.7 Å². The molecule has 5 rings (SSSR count). The first-order chi connectivity index (χ1) is 17.3. The average Bonchev–Trinajstić information content (AvgIpc) is 2.87. The minimum Gasteiger partial charge on any atom is -0.476 e. The molecule has 176 valence electrons. The summed E-state index contributed by atoms with van der Waals surface area (Å²) in [6.45, 7) is 0. The maximum Gasteiger partial charge on any atom is 0.355 e. The van der Waals surface area contributed by atoms with Crippen LogP contribution in [0, 0.1) is 11.8 Å². The van der Waals surface area contributed by atoms with Crippen LogP contribution in [0.1, 0.15) is 21.6 Å². The molecule has 2 aromatic heterocycles. The van der Waals surface area contributed by atoms with E-state index in [0.29, 0.717) is 32.3 Å². The number of benzene rings is 3. The highest BCUT2D eigenvalue weighted by Gasteiger charge is 2.20. The number of hydrogen-bond acceptors (Lipinski definition) is 5. The molecule has 0 saturated carbocycles. The lowest BCUT2D eigenvalue weighted by atomic mass is 10.0. The second-order valence-corrected chi connectivity index (χ2v) is 9.78. The molecule has 0 fully saturated rings. The number of nitrogens with zero attached hydrogens (tertiary/aromatic N) is 2. The number of fused-ring (bicyclic) bond motifs is 2. The Morgan fingerprint density at radius 3 is 2.33 bits per heavy atom. The van der Waals surface area contributed by atoms with Gasteiger partial charge in [-0.25, -0.2) is 18.2 Å². The fourth-order valence-corrected chi connectivity index (χ4v) is 5.27. The molecule has 2 N–H and O–H groups in total. The quantitative estimate of drug-likeness (QED) is 0.314. The van der Waals surface area contributed by atoms with Crippen LogP contribution >= 0.6 is 11.6 Å². The number of carboxylic acids is 1. The summed E-state index contributed by atoms with van der Waals surface area (Å²) >= 11 is 6.22. The highest BCUT2D eigenvalue weighted by atomic mass is 35.5. The van der Waals surface area contributed by atoms with E-state index in [-0.39, 0.29) is 21.8 Å². The van der Waals surface area contributed by atoms with E-state index in [9.17, 15) is 18.3 Å². The molecule has 0 aliphatic heterocycles. The number of nitrogens with one attached hydrogen (secondary N) is 1. The van der Waals surface area contributed by atoms with Crippen LogP contribution in [0.25, 0.3) is 21.7 Å². The van der Waals surface area contributed by atoms with Gasteiger partial charge in [0.15, 0.2) is 5.69 Å². The van der Waals surface area contributed by atoms with E-state index in [1.807, 2.05) is 0 Å². The van der Waals surface area contributed by atoms with Crippen LogP contribution in [0.4, 0.5) is 5.69 Å². The van der Waals surface area contributed by atoms with Crippen molar-refractivity contribution in [3.63, 3.8) is 0 Å². The topological polar surface area (TPSA) is 109 Å². The summed E-state index contributed by atoms with van der Waals surface area (Å²) in [7, 11) is -4.03. The molecule has 0 amide bonds. The SMILES string of the molecule is O=C(O)c1ncc(C#Cc2ccccc2NS(=O)(=O)c2cccc3c(Cl)ccnc23)c2ccccc12. The molecule has 2 heterocycles. The third kappa shape index (κ3) is 4.33. The van der Waals surface area contributed by atoms with Crippen molar-refractivity contribution >= 4 is 55.0 Å². The summed E-state index contributed by atoms with van der Waals surface area (Å²) in [6, 6.07) is 20.0. The van der Waals surface area contributed by atoms with Crippen molar-refractivity contribution in [1.82, 2.24) is 9.97 Å². The van der Waals surface area contributed by atoms with Crippen molar-refractivity contribution in [2.45, 2.75) is 4.90 Å². The number of para-hydroxylation sites is 2. The number of aromatic carboxylic acids is 1. The number of pyridine rings is 2. The lowest BCUT2D eigenvalue weighted by Crippen LogP contribution is -2.14. The summed E-state index contributed by atoms with van der Waals surface area (Å²) in [5.41, 5.74) is 1.42. The second kappa shape index (κ2) is 9.30. The highest BCUT2D eigenvalue weighted by molar-refractivity contribution is 7.93. The highest BCUT2D eigenvalue weighted by Crippen LogP contribution is 2.28. The Hall–Kier alpha value is -4.45. The Labute approximate surface area is 211 Å². The fourth-order valence-electron chi connectivity index (χ4n) is 3.81. The van der Waals surface area contributed by atoms with Crippen molar-refractivity contribution in [3.05, 3.63) is 107 Å². The number of sulfonamides is 1. The van der Waals surface area contributed by atoms with Gasteiger partial charge < -0.3 is 5.11 Å². The number of halogens is 1. The van der Waals surface area contributed by atoms with E-state index in [4.69, 9.17) is 11.6 Å². The lowest BCUT2D eigenvalue weighted by molar-refractivity contribution is 0.0693. The van der Waals surface area contributed by atoms with Gasteiger partial charge in [0.2, 0.25) is 0 Å². The van der Waals surface area contributed by atoms with Crippen LogP contribution in [-0.2, 0) is 10.0 Å². The van der Waals surface area contributed by atoms with E-state index in [1.165, 1.54) is 18.5 Å². The molecule has 3 aromatic carbocycles. The molecule has 0 aliphatic carbocycles. The van der Waals surface area contributed by atoms with Crippen molar-refractivity contribution < 1.29 is 18.3 Å². The van der Waals surface area contributed by atoms with Crippen molar-refractivity contribution in [2.75, 3.05) is 4.72 Å². The van der Waals surface area contributed by atoms with Crippen molar-refractivity contribution in [2.24, 2.45) is 0 Å². The number of carboxylic acid groups (broad SMARTS) is 1. The van der Waals surface area contributed by atoms with E-state index < -0.39 is 16.0 Å². The molecule has 36 heavy (non-hydrogen) atoms. The summed E-state index contributed by atoms with van der Waals surface area (Å²) in [4.78, 5) is 19.8. The monoisotopic (exact) mass is 513 g/mol. The number of rotatable bonds is 4. The van der Waals surface area contributed by atoms with Gasteiger partial charge in [0.25, 0.3) is 10.0 Å². The van der Waals surface area contributed by atoms with Crippen LogP contribution in [0.3, 0.4) is 0 Å². The molecule has 5 aromatic rings. The first-order valence-electron chi connectivity index (χ1n) is 10.6. The molecule has 0 spiro atoms. The minimum absolute atomic E-state index is 0.00952. The fraction of sp³-hybridized carbons (Fsp3) is 0. The predicted octanol–water partition coefficient (Wildman–Crippen LogP) is 5.34. The van der Waals surface area contributed by atoms with Gasteiger partial charge in [0.1, 0.15) is 4.90 Å². The van der Waals surface area contributed by atoms with Gasteiger partial charge in [-0.15, -0.1) is 0 Å². The zero-order chi connectivity index (χ0) is 25.3. The first-order valence-corrected chi connectivity index (χ1v) is 12.5. The zero-order valence-electron chi connectivity index (χ0n) is 18.4. The molecule has 7 nitrogen and oxygen atoms in total. The number of carbonyl (C=O) groups is 1. The Bertz CT molecular complexity index is 1840. The van der Waals surface area contributed by atoms with Crippen LogP contribution in [-0.4, -0.2) is 29.5 Å². The van der Waals surface area contributed by atoms with Crippen molar-refractivity contribution in [3.8, 4) is 11.8 Å². The molecule has 0 unspecified atom stereocenters.